The molecule has 1 fully saturated rings. The number of phenolic OH excluding ortho intramolecular Hbond substituents is 1. The summed E-state index contributed by atoms with van der Waals surface area (Å²) < 4.78 is 44.5. The Morgan fingerprint density at radius 1 is 0.422 bits per heavy atom. The average Bonchev–Trinajstić information content (AvgIpc) is 1.67. The number of carbonyl (C=O) groups excluding carboxylic acids is 11. The van der Waals surface area contributed by atoms with Gasteiger partial charge in [-0.25, -0.2) is 0 Å². The van der Waals surface area contributed by atoms with Crippen molar-refractivity contribution in [3.05, 3.63) is 65.9 Å². The van der Waals surface area contributed by atoms with Crippen molar-refractivity contribution >= 4 is 87.7 Å². The van der Waals surface area contributed by atoms with Gasteiger partial charge in [-0.1, -0.05) is 44.2 Å². The molecule has 1 aliphatic rings. The number of amidine groups is 1. The summed E-state index contributed by atoms with van der Waals surface area (Å²) in [5.74, 6) is -5.95. The van der Waals surface area contributed by atoms with E-state index in [0.717, 1.165) is 16.5 Å². The topological polar surface area (TPSA) is 624 Å². The number of hydrogen-bond donors (Lipinski definition) is 19. The maximum absolute atomic E-state index is 14.5. The predicted molar refractivity (Wildman–Crippen MR) is 477 cm³/mol. The monoisotopic (exact) mass is 1960 g/mol. The van der Waals surface area contributed by atoms with Crippen LogP contribution in [-0.2, 0) is 103 Å². The van der Waals surface area contributed by atoms with Gasteiger partial charge in [0.05, 0.1) is 144 Å². The average molecular weight is 1960 g/mol. The van der Waals surface area contributed by atoms with Crippen LogP contribution in [0.4, 0.5) is 0 Å². The van der Waals surface area contributed by atoms with Crippen molar-refractivity contribution in [1.29, 1.82) is 0 Å². The van der Waals surface area contributed by atoms with E-state index in [4.69, 9.17) is 72.3 Å². The Kier molecular flexibility index (Phi) is 62.4. The largest absolute Gasteiger partial charge is 3.00 e. The standard InChI is InChI=1S/C83H144N24O20.Gd/c1-60(2)51-70(102-80(117)69(12-7-20-90-61(3)87)100-73(110)55-98-78(115)68(11-8-21-96-83(88)89)101-81(118)71(52-63-13-15-65(109)16-14-63)103-82(119)72(99-62(4)108)53-64-54-97-67-10-6-5-9-66(64)67)79(116)95-26-42-127-50-49-126-41-25-94-77(114)59-107-33-31-105(57-75(112)92-23-39-124-47-44-121-36-18-85)29-27-104(56-74(111)91-22-38-123-46-43-120-35-17-84)28-30-106(32-34-107)58-76(113)93-24-40-125-48-45-122-37-19-86;/h5-6,9-10,13-16,54,60,68-72,97,109H,7-8,11-12,17-53,55-59,84-86H2,1-4H3,(H2,87,90)(H,91,111)(H,92,112)(H,93,113)(H,94,114)(H,95,116)(H,98,115)(H,99,108)(H,100,110)(H,101,118)(H,102,117)(H,103,119)(H4,88,89,96);/q;+3/t68-,69-,70-,71-,72-;/m0./s1. The Hall–Kier alpha value is -8.59. The van der Waals surface area contributed by atoms with Crippen LogP contribution in [0, 0.1) is 45.9 Å². The summed E-state index contributed by atoms with van der Waals surface area (Å²) in [5, 5.41) is 41.6. The van der Waals surface area contributed by atoms with E-state index in [1.807, 2.05) is 57.7 Å². The third-order valence-corrected chi connectivity index (χ3v) is 19.3. The summed E-state index contributed by atoms with van der Waals surface area (Å²) >= 11 is 0. The Morgan fingerprint density at radius 3 is 1.20 bits per heavy atom. The number of H-pyrrole nitrogens is 1. The van der Waals surface area contributed by atoms with Gasteiger partial charge in [-0.15, -0.1) is 0 Å². The number of ether oxygens (including phenoxy) is 8. The molecule has 45 heteroatoms. The third-order valence-electron chi connectivity index (χ3n) is 19.3. The van der Waals surface area contributed by atoms with Crippen LogP contribution < -0.4 is 92.9 Å². The van der Waals surface area contributed by atoms with Gasteiger partial charge in [0.15, 0.2) is 5.96 Å². The fourth-order valence-electron chi connectivity index (χ4n) is 12.9. The molecule has 2 heterocycles. The molecule has 0 spiro atoms. The fourth-order valence-corrected chi connectivity index (χ4v) is 12.9. The molecule has 1 saturated heterocycles. The predicted octanol–water partition coefficient (Wildman–Crippen LogP) is -6.71. The summed E-state index contributed by atoms with van der Waals surface area (Å²) in [4.78, 5) is 171. The molecule has 0 bridgehead atoms. The molecule has 3 aromatic rings. The van der Waals surface area contributed by atoms with Gasteiger partial charge in [-0.2, -0.15) is 0 Å². The minimum atomic E-state index is -1.36. The van der Waals surface area contributed by atoms with E-state index in [-0.39, 0.29) is 244 Å². The molecule has 0 unspecified atom stereocenters. The van der Waals surface area contributed by atoms with E-state index in [2.05, 4.69) is 73.5 Å². The number of para-hydroxylation sites is 1. The third kappa shape index (κ3) is 54.2. The van der Waals surface area contributed by atoms with Crippen LogP contribution in [0.5, 0.6) is 5.75 Å². The van der Waals surface area contributed by atoms with Gasteiger partial charge in [0, 0.05) is 155 Å². The van der Waals surface area contributed by atoms with E-state index in [1.165, 1.54) is 19.1 Å². The zero-order valence-corrected chi connectivity index (χ0v) is 77.2. The molecule has 1 aromatic heterocycles. The number of fused-ring (bicyclic) bond motifs is 1. The molecular formula is C83H144GdN24O20+3. The minimum Gasteiger partial charge on any atom is -0.508 e. The van der Waals surface area contributed by atoms with E-state index >= 15 is 0 Å². The molecule has 1 radical (unpaired) electrons. The fraction of sp³-hybridized carbons (Fsp3) is 0.675. The van der Waals surface area contributed by atoms with Crippen LogP contribution in [0.3, 0.4) is 0 Å². The number of nitrogens with two attached hydrogens (primary N) is 6. The number of guanidine groups is 1. The van der Waals surface area contributed by atoms with Crippen LogP contribution in [0.25, 0.3) is 10.9 Å². The Morgan fingerprint density at radius 2 is 0.789 bits per heavy atom. The van der Waals surface area contributed by atoms with Gasteiger partial charge < -0.3 is 141 Å². The van der Waals surface area contributed by atoms with Crippen LogP contribution in [0.15, 0.2) is 64.7 Å². The SMILES string of the molecule is CC(=O)N[C@@H](Cc1c[nH]c2ccccc12)C(=O)N[C@@H](Cc1ccc(O)cc1)C(=O)N[C@@H](CCCN=C(N)N)C(=O)NCC(=O)N[C@@H](CCCN=C(C)N)C(=O)N[C@@H](CC(C)C)C(=O)NCCOCCOCCNC(=O)CN1CCN(CC(=O)NCCOCCOCCN)CCN(CC(=O)NCCOCCOCCN)CCN(CC(=O)NCCOCCOCCN)CC1.[Gd+3]. The molecule has 2 aromatic carbocycles. The summed E-state index contributed by atoms with van der Waals surface area (Å²) in [6.07, 6.45) is 2.23. The molecule has 25 N–H and O–H groups in total. The molecule has 0 saturated carbocycles. The minimum absolute atomic E-state index is 0. The molecule has 4 rings (SSSR count). The zero-order chi connectivity index (χ0) is 92.6. The summed E-state index contributed by atoms with van der Waals surface area (Å²) in [5.41, 5.74) is 35.5. The van der Waals surface area contributed by atoms with Crippen molar-refractivity contribution in [1.82, 2.24) is 83.1 Å². The Balaban J connectivity index is 0.0000422. The number of aromatic nitrogens is 1. The summed E-state index contributed by atoms with van der Waals surface area (Å²) in [6, 6.07) is 7.15. The Labute approximate surface area is 782 Å². The smallest absolute Gasteiger partial charge is 0.508 e. The number of hydrogen-bond acceptors (Lipinski definition) is 29. The van der Waals surface area contributed by atoms with Crippen molar-refractivity contribution in [3.8, 4) is 5.75 Å². The van der Waals surface area contributed by atoms with Crippen molar-refractivity contribution < 1.29 is 136 Å². The van der Waals surface area contributed by atoms with Gasteiger partial charge in [-0.05, 0) is 74.3 Å². The number of carbonyl (C=O) groups is 11. The maximum Gasteiger partial charge on any atom is 3.00 e. The summed E-state index contributed by atoms with van der Waals surface area (Å²) in [7, 11) is 0. The van der Waals surface area contributed by atoms with E-state index < -0.39 is 78.1 Å². The quantitative estimate of drug-likeness (QED) is 0.0142. The van der Waals surface area contributed by atoms with Crippen molar-refractivity contribution in [2.24, 2.45) is 50.3 Å². The van der Waals surface area contributed by atoms with E-state index in [9.17, 15) is 57.8 Å². The molecule has 11 amide bonds. The number of aliphatic imine (C=N–C) groups is 2. The number of aromatic hydroxyl groups is 1. The second-order valence-electron chi connectivity index (χ2n) is 30.5. The van der Waals surface area contributed by atoms with Gasteiger partial charge in [0.2, 0.25) is 65.0 Å². The zero-order valence-electron chi connectivity index (χ0n) is 74.9. The van der Waals surface area contributed by atoms with E-state index in [1.54, 1.807) is 25.3 Å². The summed E-state index contributed by atoms with van der Waals surface area (Å²) in [6.45, 7) is 16.1. The molecular weight excluding hydrogens is 1810 g/mol. The van der Waals surface area contributed by atoms with Crippen LogP contribution in [0.1, 0.15) is 70.9 Å². The number of nitrogens with zero attached hydrogens (tertiary/aromatic N) is 6. The Bertz CT molecular complexity index is 3690. The van der Waals surface area contributed by atoms with Gasteiger partial charge in [0.25, 0.3) is 0 Å². The van der Waals surface area contributed by atoms with Gasteiger partial charge in [0.1, 0.15) is 36.0 Å². The van der Waals surface area contributed by atoms with Crippen LogP contribution >= 0.6 is 0 Å². The second kappa shape index (κ2) is 70.3. The number of aromatic amines is 1. The number of amides is 11. The molecule has 0 aliphatic carbocycles. The van der Waals surface area contributed by atoms with Crippen molar-refractivity contribution in [2.75, 3.05) is 256 Å². The number of benzene rings is 2. The second-order valence-corrected chi connectivity index (χ2v) is 30.5. The molecule has 721 valence electrons. The molecule has 44 nitrogen and oxygen atoms in total. The number of phenols is 1. The van der Waals surface area contributed by atoms with Crippen LogP contribution in [-0.4, -0.2) is 393 Å². The maximum atomic E-state index is 14.5. The first-order valence-electron chi connectivity index (χ1n) is 43.6. The first-order valence-corrected chi connectivity index (χ1v) is 43.6. The molecule has 128 heavy (non-hydrogen) atoms. The van der Waals surface area contributed by atoms with E-state index in [0.29, 0.717) is 143 Å². The van der Waals surface area contributed by atoms with Gasteiger partial charge in [-0.3, -0.25) is 82.3 Å². The van der Waals surface area contributed by atoms with Crippen LogP contribution in [0.2, 0.25) is 0 Å². The molecule has 5 atom stereocenters. The van der Waals surface area contributed by atoms with Crippen molar-refractivity contribution in [3.63, 3.8) is 0 Å². The first-order chi connectivity index (χ1) is 61.2. The number of nitrogens with one attached hydrogen (secondary N) is 12. The number of rotatable bonds is 67. The van der Waals surface area contributed by atoms with Gasteiger partial charge >= 0.3 is 39.9 Å². The normalized spacial score (nSPS) is 14.4. The first kappa shape index (κ1) is 114. The van der Waals surface area contributed by atoms with Crippen molar-refractivity contribution in [2.45, 2.75) is 103 Å². The molecule has 1 aliphatic heterocycles.